The Morgan fingerprint density at radius 2 is 2.15 bits per heavy atom. The minimum absolute atomic E-state index is 0.0127. The summed E-state index contributed by atoms with van der Waals surface area (Å²) in [6, 6.07) is 1.82. The second-order valence-electron chi connectivity index (χ2n) is 4.86. The Bertz CT molecular complexity index is 510. The SMILES string of the molecule is CCCNC1CCCN(c2cc(F)c(Br)cc2F)C1=O. The maximum absolute atomic E-state index is 14.0. The van der Waals surface area contributed by atoms with E-state index in [0.29, 0.717) is 6.54 Å². The molecule has 0 spiro atoms. The Hall–Kier alpha value is -1.01. The van der Waals surface area contributed by atoms with Gasteiger partial charge in [-0.1, -0.05) is 6.92 Å². The number of rotatable bonds is 4. The highest BCUT2D eigenvalue weighted by atomic mass is 79.9. The summed E-state index contributed by atoms with van der Waals surface area (Å²) in [5.41, 5.74) is 0.0127. The van der Waals surface area contributed by atoms with Crippen LogP contribution in [0.1, 0.15) is 26.2 Å². The van der Waals surface area contributed by atoms with Gasteiger partial charge in [-0.3, -0.25) is 4.79 Å². The van der Waals surface area contributed by atoms with E-state index in [2.05, 4.69) is 21.2 Å². The summed E-state index contributed by atoms with van der Waals surface area (Å²) in [5.74, 6) is -1.36. The molecule has 1 fully saturated rings. The molecule has 3 nitrogen and oxygen atoms in total. The third-order valence-electron chi connectivity index (χ3n) is 3.36. The second kappa shape index (κ2) is 6.63. The first-order valence-corrected chi connectivity index (χ1v) is 7.53. The van der Waals surface area contributed by atoms with E-state index in [9.17, 15) is 13.6 Å². The van der Waals surface area contributed by atoms with Gasteiger partial charge in [0, 0.05) is 12.6 Å². The highest BCUT2D eigenvalue weighted by Gasteiger charge is 2.31. The number of nitrogens with zero attached hydrogens (tertiary/aromatic N) is 1. The van der Waals surface area contributed by atoms with Crippen LogP contribution >= 0.6 is 15.9 Å². The molecule has 20 heavy (non-hydrogen) atoms. The fourth-order valence-corrected chi connectivity index (χ4v) is 2.66. The Labute approximate surface area is 125 Å². The Balaban J connectivity index is 2.23. The summed E-state index contributed by atoms with van der Waals surface area (Å²) in [6.07, 6.45) is 2.42. The molecule has 1 N–H and O–H groups in total. The van der Waals surface area contributed by atoms with Gasteiger partial charge in [0.15, 0.2) is 0 Å². The summed E-state index contributed by atoms with van der Waals surface area (Å²) in [4.78, 5) is 13.7. The summed E-state index contributed by atoms with van der Waals surface area (Å²) in [7, 11) is 0. The Morgan fingerprint density at radius 1 is 1.40 bits per heavy atom. The Morgan fingerprint density at radius 3 is 2.85 bits per heavy atom. The van der Waals surface area contributed by atoms with E-state index >= 15 is 0 Å². The van der Waals surface area contributed by atoms with Gasteiger partial charge in [-0.05, 0) is 47.8 Å². The van der Waals surface area contributed by atoms with Gasteiger partial charge >= 0.3 is 0 Å². The van der Waals surface area contributed by atoms with E-state index < -0.39 is 11.6 Å². The summed E-state index contributed by atoms with van der Waals surface area (Å²) >= 11 is 2.93. The smallest absolute Gasteiger partial charge is 0.244 e. The molecule has 0 radical (unpaired) electrons. The fraction of sp³-hybridized carbons (Fsp3) is 0.500. The number of hydrogen-bond acceptors (Lipinski definition) is 2. The zero-order valence-electron chi connectivity index (χ0n) is 11.3. The lowest BCUT2D eigenvalue weighted by molar-refractivity contribution is -0.121. The topological polar surface area (TPSA) is 32.3 Å². The maximum Gasteiger partial charge on any atom is 0.244 e. The minimum Gasteiger partial charge on any atom is -0.308 e. The van der Waals surface area contributed by atoms with Gasteiger partial charge in [-0.2, -0.15) is 0 Å². The first kappa shape index (κ1) is 15.4. The summed E-state index contributed by atoms with van der Waals surface area (Å²) in [6.45, 7) is 3.17. The van der Waals surface area contributed by atoms with E-state index in [-0.39, 0.29) is 22.1 Å². The van der Waals surface area contributed by atoms with Crippen LogP contribution in [0.3, 0.4) is 0 Å². The van der Waals surface area contributed by atoms with Gasteiger partial charge in [0.2, 0.25) is 5.91 Å². The first-order valence-electron chi connectivity index (χ1n) is 6.74. The minimum atomic E-state index is -0.595. The molecule has 0 aromatic heterocycles. The van der Waals surface area contributed by atoms with Crippen molar-refractivity contribution in [2.75, 3.05) is 18.0 Å². The average Bonchev–Trinajstić information content (AvgIpc) is 2.42. The lowest BCUT2D eigenvalue weighted by Gasteiger charge is -2.33. The quantitative estimate of drug-likeness (QED) is 0.849. The van der Waals surface area contributed by atoms with Crippen LogP contribution in [0.5, 0.6) is 0 Å². The van der Waals surface area contributed by atoms with Crippen LogP contribution < -0.4 is 10.2 Å². The number of nitrogens with one attached hydrogen (secondary N) is 1. The van der Waals surface area contributed by atoms with Crippen molar-refractivity contribution in [3.8, 4) is 0 Å². The number of carbonyl (C=O) groups is 1. The number of hydrogen-bond donors (Lipinski definition) is 1. The molecule has 0 aliphatic carbocycles. The normalized spacial score (nSPS) is 19.5. The molecule has 2 rings (SSSR count). The molecule has 6 heteroatoms. The lowest BCUT2D eigenvalue weighted by Crippen LogP contribution is -2.51. The van der Waals surface area contributed by atoms with E-state index in [1.165, 1.54) is 4.90 Å². The van der Waals surface area contributed by atoms with Crippen molar-refractivity contribution in [1.82, 2.24) is 5.32 Å². The van der Waals surface area contributed by atoms with Crippen molar-refractivity contribution in [3.63, 3.8) is 0 Å². The molecular weight excluding hydrogens is 330 g/mol. The predicted molar refractivity (Wildman–Crippen MR) is 77.7 cm³/mol. The Kier molecular flexibility index (Phi) is 5.10. The number of carbonyl (C=O) groups excluding carboxylic acids is 1. The predicted octanol–water partition coefficient (Wildman–Crippen LogP) is 3.22. The first-order chi connectivity index (χ1) is 9.54. The van der Waals surface area contributed by atoms with E-state index in [4.69, 9.17) is 0 Å². The third kappa shape index (κ3) is 3.17. The fourth-order valence-electron chi connectivity index (χ4n) is 2.34. The highest BCUT2D eigenvalue weighted by Crippen LogP contribution is 2.28. The molecule has 1 saturated heterocycles. The molecule has 1 amide bonds. The molecule has 1 aliphatic heterocycles. The van der Waals surface area contributed by atoms with Crippen LogP contribution in [0.25, 0.3) is 0 Å². The zero-order chi connectivity index (χ0) is 14.7. The third-order valence-corrected chi connectivity index (χ3v) is 3.97. The van der Waals surface area contributed by atoms with Gasteiger partial charge in [0.25, 0.3) is 0 Å². The summed E-state index contributed by atoms with van der Waals surface area (Å²) in [5, 5.41) is 3.15. The van der Waals surface area contributed by atoms with Crippen molar-refractivity contribution >= 4 is 27.5 Å². The molecule has 1 aromatic rings. The highest BCUT2D eigenvalue weighted by molar-refractivity contribution is 9.10. The van der Waals surface area contributed by atoms with Crippen molar-refractivity contribution in [2.45, 2.75) is 32.2 Å². The monoisotopic (exact) mass is 346 g/mol. The van der Waals surface area contributed by atoms with Crippen LogP contribution in [-0.4, -0.2) is 25.0 Å². The van der Waals surface area contributed by atoms with Crippen molar-refractivity contribution in [1.29, 1.82) is 0 Å². The van der Waals surface area contributed by atoms with Crippen LogP contribution in [-0.2, 0) is 4.79 Å². The van der Waals surface area contributed by atoms with Gasteiger partial charge in [-0.25, -0.2) is 8.78 Å². The van der Waals surface area contributed by atoms with Gasteiger partial charge < -0.3 is 10.2 Å². The molecule has 1 aromatic carbocycles. The van der Waals surface area contributed by atoms with Crippen LogP contribution in [0.2, 0.25) is 0 Å². The van der Waals surface area contributed by atoms with E-state index in [1.807, 2.05) is 6.92 Å². The number of halogens is 3. The van der Waals surface area contributed by atoms with E-state index in [0.717, 1.165) is 37.9 Å². The standard InChI is InChI=1S/C14H17BrF2N2O/c1-2-5-18-12-4-3-6-19(14(12)20)13-8-10(16)9(15)7-11(13)17/h7-8,12,18H,2-6H2,1H3. The molecule has 1 heterocycles. The van der Waals surface area contributed by atoms with Gasteiger partial charge in [0.1, 0.15) is 11.6 Å². The molecule has 0 bridgehead atoms. The van der Waals surface area contributed by atoms with Crippen LogP contribution in [0, 0.1) is 11.6 Å². The second-order valence-corrected chi connectivity index (χ2v) is 5.71. The lowest BCUT2D eigenvalue weighted by atomic mass is 10.0. The van der Waals surface area contributed by atoms with Crippen molar-refractivity contribution in [3.05, 3.63) is 28.2 Å². The molecule has 0 saturated carbocycles. The van der Waals surface area contributed by atoms with Crippen LogP contribution in [0.15, 0.2) is 16.6 Å². The largest absolute Gasteiger partial charge is 0.308 e. The number of benzene rings is 1. The van der Waals surface area contributed by atoms with Crippen molar-refractivity contribution in [2.24, 2.45) is 0 Å². The van der Waals surface area contributed by atoms with Crippen molar-refractivity contribution < 1.29 is 13.6 Å². The number of piperidine rings is 1. The zero-order valence-corrected chi connectivity index (χ0v) is 12.8. The molecule has 110 valence electrons. The summed E-state index contributed by atoms with van der Waals surface area (Å²) < 4.78 is 27.6. The molecule has 1 atom stereocenters. The molecule has 1 aliphatic rings. The number of anilines is 1. The molecule has 1 unspecified atom stereocenters. The average molecular weight is 347 g/mol. The van der Waals surface area contributed by atoms with Gasteiger partial charge in [0.05, 0.1) is 16.2 Å². The number of amides is 1. The maximum atomic E-state index is 14.0. The van der Waals surface area contributed by atoms with Gasteiger partial charge in [-0.15, -0.1) is 0 Å². The van der Waals surface area contributed by atoms with E-state index in [1.54, 1.807) is 0 Å². The van der Waals surface area contributed by atoms with Crippen LogP contribution in [0.4, 0.5) is 14.5 Å². The molecular formula is C14H17BrF2N2O.